The van der Waals surface area contributed by atoms with Crippen LogP contribution >= 0.6 is 11.8 Å². The zero-order chi connectivity index (χ0) is 30.9. The van der Waals surface area contributed by atoms with Crippen molar-refractivity contribution < 1.29 is 24.2 Å². The number of aromatic nitrogens is 1. The topological polar surface area (TPSA) is 118 Å². The molecular weight excluding hydrogens is 562 g/mol. The van der Waals surface area contributed by atoms with Gasteiger partial charge in [-0.15, -0.1) is 11.8 Å². The predicted octanol–water partition coefficient (Wildman–Crippen LogP) is 5.48. The quantitative estimate of drug-likeness (QED) is 0.151. The van der Waals surface area contributed by atoms with E-state index in [-0.39, 0.29) is 24.8 Å². The fourth-order valence-corrected chi connectivity index (χ4v) is 6.52. The highest BCUT2D eigenvalue weighted by Gasteiger charge is 2.31. The van der Waals surface area contributed by atoms with Gasteiger partial charge in [0.2, 0.25) is 11.8 Å². The Morgan fingerprint density at radius 3 is 2.42 bits per heavy atom. The number of nitrogens with zero attached hydrogens (tertiary/aromatic N) is 1. The number of amides is 2. The third kappa shape index (κ3) is 12.7. The second-order valence-corrected chi connectivity index (χ2v) is 12.5. The highest BCUT2D eigenvalue weighted by Crippen LogP contribution is 2.29. The molecule has 236 valence electrons. The number of esters is 1. The van der Waals surface area contributed by atoms with Crippen molar-refractivity contribution in [1.29, 1.82) is 0 Å². The third-order valence-electron chi connectivity index (χ3n) is 8.04. The van der Waals surface area contributed by atoms with E-state index in [1.165, 1.54) is 31.0 Å². The summed E-state index contributed by atoms with van der Waals surface area (Å²) in [7, 11) is 0. The van der Waals surface area contributed by atoms with E-state index < -0.39 is 30.1 Å². The van der Waals surface area contributed by atoms with Crippen molar-refractivity contribution in [2.75, 3.05) is 12.4 Å². The first-order valence-corrected chi connectivity index (χ1v) is 16.9. The van der Waals surface area contributed by atoms with Crippen LogP contribution in [0.2, 0.25) is 0 Å². The van der Waals surface area contributed by atoms with Gasteiger partial charge in [-0.2, -0.15) is 0 Å². The van der Waals surface area contributed by atoms with Crippen LogP contribution in [0.25, 0.3) is 0 Å². The number of ether oxygens (including phenoxy) is 1. The number of hydrogen-bond donors (Lipinski definition) is 3. The minimum absolute atomic E-state index is 0.0650. The largest absolute Gasteiger partial charge is 0.466 e. The normalized spacial score (nSPS) is 16.4. The maximum atomic E-state index is 13.8. The molecule has 0 aliphatic heterocycles. The zero-order valence-electron chi connectivity index (χ0n) is 25.7. The first-order chi connectivity index (χ1) is 20.9. The van der Waals surface area contributed by atoms with Crippen LogP contribution in [-0.4, -0.2) is 58.4 Å². The van der Waals surface area contributed by atoms with Gasteiger partial charge in [0.25, 0.3) is 0 Å². The number of pyridine rings is 1. The van der Waals surface area contributed by atoms with Crippen LogP contribution < -0.4 is 10.6 Å². The van der Waals surface area contributed by atoms with Gasteiger partial charge in [-0.1, -0.05) is 88.3 Å². The summed E-state index contributed by atoms with van der Waals surface area (Å²) in [6, 6.07) is 14.0. The first-order valence-electron chi connectivity index (χ1n) is 15.9. The molecule has 2 aromatic rings. The standard InChI is InChI=1S/C34H49N3O5S/c1-3-5-18-28(36-33(40)27(23-32(39)42-4-2)21-25-14-8-6-9-15-25)34(41)37-29(22-26-16-10-7-11-17-26)30(38)24-43-31-19-12-13-20-35-31/h6,8-9,12-15,19-20,26-30,38H,3-5,7,10-11,16-18,21-24H2,1-2H3,(H,36,40)(H,37,41)/t27?,28-,29-,30+/m0/s1. The summed E-state index contributed by atoms with van der Waals surface area (Å²) in [5.74, 6) is -0.898. The molecule has 1 fully saturated rings. The van der Waals surface area contributed by atoms with Crippen LogP contribution in [0.15, 0.2) is 59.8 Å². The van der Waals surface area contributed by atoms with Crippen molar-refractivity contribution in [3.8, 4) is 0 Å². The molecule has 1 aliphatic rings. The second kappa shape index (κ2) is 19.4. The van der Waals surface area contributed by atoms with E-state index in [4.69, 9.17) is 4.74 Å². The number of nitrogens with one attached hydrogen (secondary N) is 2. The van der Waals surface area contributed by atoms with Gasteiger partial charge in [0.05, 0.1) is 36.1 Å². The van der Waals surface area contributed by atoms with E-state index in [2.05, 4.69) is 15.6 Å². The van der Waals surface area contributed by atoms with E-state index in [0.29, 0.717) is 30.9 Å². The van der Waals surface area contributed by atoms with Crippen LogP contribution in [0.1, 0.15) is 83.6 Å². The fraction of sp³-hybridized carbons (Fsp3) is 0.588. The summed E-state index contributed by atoms with van der Waals surface area (Å²) in [4.78, 5) is 44.1. The summed E-state index contributed by atoms with van der Waals surface area (Å²) in [5, 5.41) is 18.2. The highest BCUT2D eigenvalue weighted by atomic mass is 32.2. The molecule has 1 unspecified atom stereocenters. The van der Waals surface area contributed by atoms with Gasteiger partial charge in [0.1, 0.15) is 6.04 Å². The van der Waals surface area contributed by atoms with E-state index in [9.17, 15) is 19.5 Å². The molecule has 0 spiro atoms. The van der Waals surface area contributed by atoms with Crippen LogP contribution in [-0.2, 0) is 25.5 Å². The Morgan fingerprint density at radius 2 is 1.74 bits per heavy atom. The molecule has 4 atom stereocenters. The average Bonchev–Trinajstić information content (AvgIpc) is 3.02. The SMILES string of the molecule is CCCC[C@H](NC(=O)C(CC(=O)OCC)Cc1ccccc1)C(=O)N[C@@H](CC1CCCCC1)[C@H](O)CSc1ccccn1. The fourth-order valence-electron chi connectivity index (χ4n) is 5.64. The van der Waals surface area contributed by atoms with Crippen LogP contribution in [0.5, 0.6) is 0 Å². The number of benzene rings is 1. The van der Waals surface area contributed by atoms with Crippen LogP contribution in [0, 0.1) is 11.8 Å². The lowest BCUT2D eigenvalue weighted by Gasteiger charge is -2.31. The van der Waals surface area contributed by atoms with Crippen molar-refractivity contribution in [2.24, 2.45) is 11.8 Å². The van der Waals surface area contributed by atoms with Crippen molar-refractivity contribution in [2.45, 2.75) is 108 Å². The summed E-state index contributed by atoms with van der Waals surface area (Å²) in [6.07, 6.45) is 9.80. The van der Waals surface area contributed by atoms with Gasteiger partial charge in [-0.25, -0.2) is 4.98 Å². The lowest BCUT2D eigenvalue weighted by Crippen LogP contribution is -2.54. The Hall–Kier alpha value is -2.91. The third-order valence-corrected chi connectivity index (χ3v) is 9.08. The molecule has 1 aromatic heterocycles. The Morgan fingerprint density at radius 1 is 1.00 bits per heavy atom. The van der Waals surface area contributed by atoms with E-state index in [0.717, 1.165) is 36.3 Å². The molecule has 2 amide bonds. The summed E-state index contributed by atoms with van der Waals surface area (Å²) < 4.78 is 5.15. The maximum absolute atomic E-state index is 13.8. The molecule has 3 N–H and O–H groups in total. The molecule has 3 rings (SSSR count). The van der Waals surface area contributed by atoms with Crippen LogP contribution in [0.3, 0.4) is 0 Å². The number of unbranched alkanes of at least 4 members (excludes halogenated alkanes) is 1. The predicted molar refractivity (Wildman–Crippen MR) is 170 cm³/mol. The lowest BCUT2D eigenvalue weighted by atomic mass is 9.83. The number of carbonyl (C=O) groups is 3. The number of hydrogen-bond acceptors (Lipinski definition) is 7. The molecule has 1 aliphatic carbocycles. The second-order valence-electron chi connectivity index (χ2n) is 11.5. The number of aliphatic hydroxyl groups excluding tert-OH is 1. The lowest BCUT2D eigenvalue weighted by molar-refractivity contribution is -0.146. The molecule has 1 heterocycles. The Kier molecular flexibility index (Phi) is 15.6. The van der Waals surface area contributed by atoms with E-state index in [1.807, 2.05) is 55.5 Å². The van der Waals surface area contributed by atoms with E-state index in [1.54, 1.807) is 13.1 Å². The molecule has 8 nitrogen and oxygen atoms in total. The van der Waals surface area contributed by atoms with Gasteiger partial charge in [-0.05, 0) is 49.8 Å². The number of thioether (sulfide) groups is 1. The van der Waals surface area contributed by atoms with Gasteiger partial charge >= 0.3 is 5.97 Å². The minimum Gasteiger partial charge on any atom is -0.466 e. The number of rotatable bonds is 18. The Balaban J connectivity index is 1.73. The molecular formula is C34H49N3O5S. The van der Waals surface area contributed by atoms with Gasteiger partial charge in [0, 0.05) is 11.9 Å². The molecule has 9 heteroatoms. The smallest absolute Gasteiger partial charge is 0.306 e. The molecule has 0 bridgehead atoms. The molecule has 0 saturated heterocycles. The van der Waals surface area contributed by atoms with Crippen molar-refractivity contribution in [3.05, 3.63) is 60.3 Å². The van der Waals surface area contributed by atoms with Crippen molar-refractivity contribution >= 4 is 29.5 Å². The molecule has 1 saturated carbocycles. The van der Waals surface area contributed by atoms with Crippen LogP contribution in [0.4, 0.5) is 0 Å². The maximum Gasteiger partial charge on any atom is 0.306 e. The molecule has 0 radical (unpaired) electrons. The Labute approximate surface area is 261 Å². The molecule has 1 aromatic carbocycles. The van der Waals surface area contributed by atoms with Gasteiger partial charge in [-0.3, -0.25) is 14.4 Å². The first kappa shape index (κ1) is 34.6. The highest BCUT2D eigenvalue weighted by molar-refractivity contribution is 7.99. The summed E-state index contributed by atoms with van der Waals surface area (Å²) in [6.45, 7) is 4.02. The van der Waals surface area contributed by atoms with Gasteiger partial charge < -0.3 is 20.5 Å². The average molecular weight is 612 g/mol. The Bertz CT molecular complexity index is 1100. The molecule has 43 heavy (non-hydrogen) atoms. The zero-order valence-corrected chi connectivity index (χ0v) is 26.5. The van der Waals surface area contributed by atoms with Gasteiger partial charge in [0.15, 0.2) is 0 Å². The van der Waals surface area contributed by atoms with E-state index >= 15 is 0 Å². The summed E-state index contributed by atoms with van der Waals surface area (Å²) in [5.41, 5.74) is 0.933. The van der Waals surface area contributed by atoms with Crippen molar-refractivity contribution in [3.63, 3.8) is 0 Å². The monoisotopic (exact) mass is 611 g/mol. The number of aliphatic hydroxyl groups is 1. The van der Waals surface area contributed by atoms with Crippen molar-refractivity contribution in [1.82, 2.24) is 15.6 Å². The summed E-state index contributed by atoms with van der Waals surface area (Å²) >= 11 is 1.47. The number of carbonyl (C=O) groups excluding carboxylic acids is 3. The minimum atomic E-state index is -0.768.